The number of hydrogen-bond acceptors (Lipinski definition) is 3. The lowest BCUT2D eigenvalue weighted by Gasteiger charge is -2.08. The van der Waals surface area contributed by atoms with Gasteiger partial charge in [0, 0.05) is 18.8 Å². The highest BCUT2D eigenvalue weighted by molar-refractivity contribution is 5.88. The van der Waals surface area contributed by atoms with E-state index < -0.39 is 23.7 Å². The van der Waals surface area contributed by atoms with Gasteiger partial charge in [-0.1, -0.05) is 6.07 Å². The molecule has 1 aliphatic carbocycles. The minimum Gasteiger partial charge on any atom is -0.492 e. The summed E-state index contributed by atoms with van der Waals surface area (Å²) in [5, 5.41) is 11.3. The molecule has 1 aromatic rings. The Morgan fingerprint density at radius 2 is 2.14 bits per heavy atom. The van der Waals surface area contributed by atoms with Crippen LogP contribution in [0.5, 0.6) is 5.75 Å². The molecule has 21 heavy (non-hydrogen) atoms. The number of benzene rings is 1. The van der Waals surface area contributed by atoms with Gasteiger partial charge in [-0.05, 0) is 18.2 Å². The summed E-state index contributed by atoms with van der Waals surface area (Å²) >= 11 is 0. The highest BCUT2D eigenvalue weighted by atomic mass is 19.3. The van der Waals surface area contributed by atoms with E-state index >= 15 is 0 Å². The second kappa shape index (κ2) is 6.07. The van der Waals surface area contributed by atoms with Crippen molar-refractivity contribution in [2.75, 3.05) is 13.2 Å². The number of carboxylic acid groups (broad SMARTS) is 1. The first-order chi connectivity index (χ1) is 9.88. The van der Waals surface area contributed by atoms with Gasteiger partial charge in [0.1, 0.15) is 12.4 Å². The molecule has 0 unspecified atom stereocenters. The monoisotopic (exact) mass is 299 g/mol. The molecule has 5 nitrogen and oxygen atoms in total. The number of carbonyl (C=O) groups excluding carboxylic acids is 1. The summed E-state index contributed by atoms with van der Waals surface area (Å²) in [6.45, 7) is 0.310. The van der Waals surface area contributed by atoms with Crippen LogP contribution in [0.1, 0.15) is 23.2 Å². The van der Waals surface area contributed by atoms with Crippen LogP contribution in [-0.4, -0.2) is 36.1 Å². The molecule has 0 bridgehead atoms. The van der Waals surface area contributed by atoms with Crippen LogP contribution in [-0.2, 0) is 4.79 Å². The summed E-state index contributed by atoms with van der Waals surface area (Å²) in [6.07, 6.45) is -0.402. The lowest BCUT2D eigenvalue weighted by molar-refractivity contribution is -0.122. The number of aromatic carboxylic acids is 1. The quantitative estimate of drug-likeness (QED) is 0.754. The minimum absolute atomic E-state index is 0.104. The van der Waals surface area contributed by atoms with E-state index in [1.165, 1.54) is 12.1 Å². The van der Waals surface area contributed by atoms with Gasteiger partial charge >= 0.3 is 5.97 Å². The van der Waals surface area contributed by atoms with Gasteiger partial charge in [-0.15, -0.1) is 0 Å². The SMILES string of the molecule is O=C(C[C@H]1CC1(F)F)NCCOc1cccc(C(=O)O)c1. The van der Waals surface area contributed by atoms with Crippen molar-refractivity contribution in [2.24, 2.45) is 5.92 Å². The number of hydrogen-bond donors (Lipinski definition) is 2. The van der Waals surface area contributed by atoms with Gasteiger partial charge in [0.15, 0.2) is 0 Å². The molecule has 1 aromatic carbocycles. The van der Waals surface area contributed by atoms with Crippen LogP contribution in [0, 0.1) is 5.92 Å². The molecule has 1 atom stereocenters. The standard InChI is InChI=1S/C14H15F2NO4/c15-14(16)8-10(14)7-12(18)17-4-5-21-11-3-1-2-9(6-11)13(19)20/h1-3,6,10H,4-5,7-8H2,(H,17,18)(H,19,20)/t10-/m0/s1. The molecule has 7 heteroatoms. The molecule has 114 valence electrons. The number of rotatable bonds is 7. The van der Waals surface area contributed by atoms with Crippen LogP contribution >= 0.6 is 0 Å². The van der Waals surface area contributed by atoms with Crippen LogP contribution in [0.2, 0.25) is 0 Å². The third kappa shape index (κ3) is 4.40. The maximum Gasteiger partial charge on any atom is 0.335 e. The van der Waals surface area contributed by atoms with Crippen molar-refractivity contribution in [3.8, 4) is 5.75 Å². The van der Waals surface area contributed by atoms with Crippen molar-refractivity contribution in [3.05, 3.63) is 29.8 Å². The van der Waals surface area contributed by atoms with Crippen molar-refractivity contribution >= 4 is 11.9 Å². The van der Waals surface area contributed by atoms with Crippen molar-refractivity contribution < 1.29 is 28.2 Å². The van der Waals surface area contributed by atoms with Crippen LogP contribution < -0.4 is 10.1 Å². The molecule has 1 aliphatic rings. The van der Waals surface area contributed by atoms with Gasteiger partial charge in [0.25, 0.3) is 5.92 Å². The zero-order valence-corrected chi connectivity index (χ0v) is 11.1. The van der Waals surface area contributed by atoms with Gasteiger partial charge in [0.2, 0.25) is 5.91 Å². The van der Waals surface area contributed by atoms with Crippen LogP contribution in [0.25, 0.3) is 0 Å². The predicted molar refractivity (Wildman–Crippen MR) is 69.6 cm³/mol. The Morgan fingerprint density at radius 3 is 2.76 bits per heavy atom. The third-order valence-electron chi connectivity index (χ3n) is 3.16. The van der Waals surface area contributed by atoms with Gasteiger partial charge in [-0.25, -0.2) is 13.6 Å². The van der Waals surface area contributed by atoms with E-state index in [0.717, 1.165) is 0 Å². The first-order valence-electron chi connectivity index (χ1n) is 6.49. The average molecular weight is 299 g/mol. The Balaban J connectivity index is 1.66. The maximum atomic E-state index is 12.6. The first-order valence-corrected chi connectivity index (χ1v) is 6.49. The van der Waals surface area contributed by atoms with Crippen molar-refractivity contribution in [3.63, 3.8) is 0 Å². The van der Waals surface area contributed by atoms with Crippen molar-refractivity contribution in [1.29, 1.82) is 0 Å². The number of halogens is 2. The molecule has 1 fully saturated rings. The van der Waals surface area contributed by atoms with E-state index in [4.69, 9.17) is 9.84 Å². The van der Waals surface area contributed by atoms with E-state index in [0.29, 0.717) is 5.75 Å². The van der Waals surface area contributed by atoms with E-state index in [1.807, 2.05) is 0 Å². The topological polar surface area (TPSA) is 75.6 Å². The second-order valence-corrected chi connectivity index (χ2v) is 4.90. The summed E-state index contributed by atoms with van der Waals surface area (Å²) in [6, 6.07) is 5.95. The van der Waals surface area contributed by atoms with Crippen molar-refractivity contribution in [1.82, 2.24) is 5.32 Å². The molecule has 1 amide bonds. The molecule has 2 N–H and O–H groups in total. The minimum atomic E-state index is -2.69. The fourth-order valence-corrected chi connectivity index (χ4v) is 1.87. The number of alkyl halides is 2. The highest BCUT2D eigenvalue weighted by Gasteiger charge is 2.57. The zero-order valence-electron chi connectivity index (χ0n) is 11.1. The van der Waals surface area contributed by atoms with Gasteiger partial charge in [0.05, 0.1) is 12.1 Å². The van der Waals surface area contributed by atoms with E-state index in [-0.39, 0.29) is 31.6 Å². The Kier molecular flexibility index (Phi) is 4.40. The summed E-state index contributed by atoms with van der Waals surface area (Å²) in [4.78, 5) is 22.1. The fraction of sp³-hybridized carbons (Fsp3) is 0.429. The Hall–Kier alpha value is -2.18. The Bertz CT molecular complexity index is 548. The highest BCUT2D eigenvalue weighted by Crippen LogP contribution is 2.50. The first kappa shape index (κ1) is 15.2. The average Bonchev–Trinajstić information content (AvgIpc) is 3.02. The van der Waals surface area contributed by atoms with Crippen LogP contribution in [0.15, 0.2) is 24.3 Å². The normalized spacial score (nSPS) is 18.9. The van der Waals surface area contributed by atoms with E-state index in [1.54, 1.807) is 12.1 Å². The van der Waals surface area contributed by atoms with Crippen molar-refractivity contribution in [2.45, 2.75) is 18.8 Å². The molecule has 0 saturated heterocycles. The molecule has 0 aromatic heterocycles. The van der Waals surface area contributed by atoms with E-state index in [2.05, 4.69) is 5.32 Å². The van der Waals surface area contributed by atoms with Gasteiger partial charge < -0.3 is 15.2 Å². The Morgan fingerprint density at radius 1 is 1.43 bits per heavy atom. The molecule has 0 radical (unpaired) electrons. The molecule has 0 heterocycles. The number of nitrogens with one attached hydrogen (secondary N) is 1. The number of carbonyl (C=O) groups is 2. The van der Waals surface area contributed by atoms with E-state index in [9.17, 15) is 18.4 Å². The number of amides is 1. The predicted octanol–water partition coefficient (Wildman–Crippen LogP) is 1.93. The molecular weight excluding hydrogens is 284 g/mol. The van der Waals surface area contributed by atoms with Gasteiger partial charge in [-0.2, -0.15) is 0 Å². The summed E-state index contributed by atoms with van der Waals surface area (Å²) in [5.41, 5.74) is 0.104. The smallest absolute Gasteiger partial charge is 0.335 e. The molecule has 1 saturated carbocycles. The molecule has 0 aliphatic heterocycles. The molecule has 2 rings (SSSR count). The maximum absolute atomic E-state index is 12.6. The largest absolute Gasteiger partial charge is 0.492 e. The Labute approximate surface area is 119 Å². The summed E-state index contributed by atoms with van der Waals surface area (Å²) in [5.74, 6) is -4.65. The lowest BCUT2D eigenvalue weighted by atomic mass is 10.2. The molecular formula is C14H15F2NO4. The second-order valence-electron chi connectivity index (χ2n) is 4.90. The lowest BCUT2D eigenvalue weighted by Crippen LogP contribution is -2.28. The number of carboxylic acids is 1. The third-order valence-corrected chi connectivity index (χ3v) is 3.16. The van der Waals surface area contributed by atoms with Crippen LogP contribution in [0.4, 0.5) is 8.78 Å². The van der Waals surface area contributed by atoms with Gasteiger partial charge in [-0.3, -0.25) is 4.79 Å². The summed E-state index contributed by atoms with van der Waals surface area (Å²) in [7, 11) is 0. The van der Waals surface area contributed by atoms with Crippen LogP contribution in [0.3, 0.4) is 0 Å². The zero-order chi connectivity index (χ0) is 15.5. The summed E-state index contributed by atoms with van der Waals surface area (Å²) < 4.78 is 30.5. The number of ether oxygens (including phenoxy) is 1. The fourth-order valence-electron chi connectivity index (χ4n) is 1.87. The molecule has 0 spiro atoms.